The average molecular weight is 317 g/mol. The summed E-state index contributed by atoms with van der Waals surface area (Å²) in [5.41, 5.74) is 5.24. The van der Waals surface area contributed by atoms with Gasteiger partial charge in [0.05, 0.1) is 0 Å². The standard InChI is InChI=1S/C18H21ClN2O/c1-12-8-13(2)10-16(9-12)20-7-6-18(22)21-17-5-4-15(19)11-14(17)3/h4-5,8-11,20H,6-7H2,1-3H3,(H,21,22). The monoisotopic (exact) mass is 316 g/mol. The van der Waals surface area contributed by atoms with E-state index in [0.29, 0.717) is 18.0 Å². The van der Waals surface area contributed by atoms with Crippen LogP contribution in [0.5, 0.6) is 0 Å². The van der Waals surface area contributed by atoms with Crippen LogP contribution < -0.4 is 10.6 Å². The summed E-state index contributed by atoms with van der Waals surface area (Å²) in [6.07, 6.45) is 0.412. The van der Waals surface area contributed by atoms with Gasteiger partial charge in [-0.25, -0.2) is 0 Å². The maximum atomic E-state index is 12.0. The van der Waals surface area contributed by atoms with Crippen LogP contribution in [-0.4, -0.2) is 12.5 Å². The molecule has 2 N–H and O–H groups in total. The number of benzene rings is 2. The highest BCUT2D eigenvalue weighted by Gasteiger charge is 2.05. The quantitative estimate of drug-likeness (QED) is 0.839. The maximum absolute atomic E-state index is 12.0. The highest BCUT2D eigenvalue weighted by atomic mass is 35.5. The van der Waals surface area contributed by atoms with Crippen LogP contribution in [-0.2, 0) is 4.79 Å². The molecule has 0 unspecified atom stereocenters. The summed E-state index contributed by atoms with van der Waals surface area (Å²) in [6, 6.07) is 11.7. The summed E-state index contributed by atoms with van der Waals surface area (Å²) in [6.45, 7) is 6.65. The van der Waals surface area contributed by atoms with Gasteiger partial charge in [-0.15, -0.1) is 0 Å². The van der Waals surface area contributed by atoms with Crippen molar-refractivity contribution in [2.75, 3.05) is 17.2 Å². The Bertz CT molecular complexity index is 663. The van der Waals surface area contributed by atoms with Crippen molar-refractivity contribution in [3.05, 3.63) is 58.1 Å². The van der Waals surface area contributed by atoms with Crippen molar-refractivity contribution < 1.29 is 4.79 Å². The van der Waals surface area contributed by atoms with E-state index in [2.05, 4.69) is 42.7 Å². The number of carbonyl (C=O) groups excluding carboxylic acids is 1. The molecule has 0 heterocycles. The molecule has 0 radical (unpaired) electrons. The second-order valence-corrected chi connectivity index (χ2v) is 6.00. The molecule has 0 bridgehead atoms. The van der Waals surface area contributed by atoms with Gasteiger partial charge >= 0.3 is 0 Å². The molecule has 0 aliphatic carbocycles. The average Bonchev–Trinajstić information content (AvgIpc) is 2.41. The van der Waals surface area contributed by atoms with Gasteiger partial charge in [0.15, 0.2) is 0 Å². The van der Waals surface area contributed by atoms with Crippen molar-refractivity contribution in [2.24, 2.45) is 0 Å². The number of carbonyl (C=O) groups is 1. The van der Waals surface area contributed by atoms with Gasteiger partial charge in [-0.1, -0.05) is 17.7 Å². The van der Waals surface area contributed by atoms with Gasteiger partial charge in [0.25, 0.3) is 0 Å². The summed E-state index contributed by atoms with van der Waals surface area (Å²) >= 11 is 5.91. The maximum Gasteiger partial charge on any atom is 0.226 e. The number of hydrogen-bond donors (Lipinski definition) is 2. The molecule has 0 saturated heterocycles. The minimum atomic E-state index is -0.0118. The molecule has 2 aromatic rings. The largest absolute Gasteiger partial charge is 0.385 e. The van der Waals surface area contributed by atoms with Crippen LogP contribution in [0.2, 0.25) is 5.02 Å². The highest BCUT2D eigenvalue weighted by Crippen LogP contribution is 2.19. The minimum Gasteiger partial charge on any atom is -0.385 e. The van der Waals surface area contributed by atoms with Gasteiger partial charge in [-0.2, -0.15) is 0 Å². The Labute approximate surface area is 136 Å². The van der Waals surface area contributed by atoms with Crippen LogP contribution in [0.4, 0.5) is 11.4 Å². The van der Waals surface area contributed by atoms with Gasteiger partial charge in [0, 0.05) is 29.4 Å². The van der Waals surface area contributed by atoms with Crippen LogP contribution in [0.1, 0.15) is 23.1 Å². The summed E-state index contributed by atoms with van der Waals surface area (Å²) in [4.78, 5) is 12.0. The van der Waals surface area contributed by atoms with E-state index in [9.17, 15) is 4.79 Å². The van der Waals surface area contributed by atoms with Crippen molar-refractivity contribution >= 4 is 28.9 Å². The molecule has 116 valence electrons. The van der Waals surface area contributed by atoms with Gasteiger partial charge in [-0.05, 0) is 67.8 Å². The van der Waals surface area contributed by atoms with Crippen LogP contribution in [0, 0.1) is 20.8 Å². The third-order valence-electron chi connectivity index (χ3n) is 3.37. The number of rotatable bonds is 5. The minimum absolute atomic E-state index is 0.0118. The Kier molecular flexibility index (Phi) is 5.45. The van der Waals surface area contributed by atoms with Gasteiger partial charge in [0.2, 0.25) is 5.91 Å². The lowest BCUT2D eigenvalue weighted by molar-refractivity contribution is -0.115. The van der Waals surface area contributed by atoms with Crippen molar-refractivity contribution in [2.45, 2.75) is 27.2 Å². The van der Waals surface area contributed by atoms with E-state index in [-0.39, 0.29) is 5.91 Å². The second kappa shape index (κ2) is 7.32. The Morgan fingerprint density at radius 2 is 1.73 bits per heavy atom. The molecule has 22 heavy (non-hydrogen) atoms. The van der Waals surface area contributed by atoms with E-state index in [0.717, 1.165) is 16.9 Å². The van der Waals surface area contributed by atoms with Crippen LogP contribution in [0.15, 0.2) is 36.4 Å². The van der Waals surface area contributed by atoms with E-state index in [1.165, 1.54) is 11.1 Å². The molecule has 0 aliphatic heterocycles. The van der Waals surface area contributed by atoms with E-state index in [1.54, 1.807) is 6.07 Å². The molecule has 2 aromatic carbocycles. The Morgan fingerprint density at radius 1 is 1.05 bits per heavy atom. The van der Waals surface area contributed by atoms with E-state index in [1.807, 2.05) is 19.1 Å². The van der Waals surface area contributed by atoms with Crippen molar-refractivity contribution in [3.8, 4) is 0 Å². The number of anilines is 2. The summed E-state index contributed by atoms with van der Waals surface area (Å²) in [5.74, 6) is -0.0118. The zero-order valence-electron chi connectivity index (χ0n) is 13.2. The van der Waals surface area contributed by atoms with E-state index >= 15 is 0 Å². The third kappa shape index (κ3) is 4.78. The lowest BCUT2D eigenvalue weighted by Crippen LogP contribution is -2.16. The lowest BCUT2D eigenvalue weighted by atomic mass is 10.1. The van der Waals surface area contributed by atoms with E-state index < -0.39 is 0 Å². The SMILES string of the molecule is Cc1cc(C)cc(NCCC(=O)Nc2ccc(Cl)cc2C)c1. The predicted molar refractivity (Wildman–Crippen MR) is 93.8 cm³/mol. The van der Waals surface area contributed by atoms with Crippen LogP contribution in [0.25, 0.3) is 0 Å². The zero-order chi connectivity index (χ0) is 16.1. The summed E-state index contributed by atoms with van der Waals surface area (Å²) in [7, 11) is 0. The number of halogens is 1. The fourth-order valence-corrected chi connectivity index (χ4v) is 2.60. The Balaban J connectivity index is 1.85. The summed E-state index contributed by atoms with van der Waals surface area (Å²) < 4.78 is 0. The molecule has 4 heteroatoms. The molecular weight excluding hydrogens is 296 g/mol. The van der Waals surface area contributed by atoms with Gasteiger partial charge in [-0.3, -0.25) is 4.79 Å². The van der Waals surface area contributed by atoms with Gasteiger partial charge < -0.3 is 10.6 Å². The second-order valence-electron chi connectivity index (χ2n) is 5.56. The van der Waals surface area contributed by atoms with Crippen LogP contribution >= 0.6 is 11.6 Å². The molecule has 0 spiro atoms. The number of amides is 1. The molecule has 3 nitrogen and oxygen atoms in total. The fourth-order valence-electron chi connectivity index (χ4n) is 2.38. The molecule has 0 aliphatic rings. The first-order valence-corrected chi connectivity index (χ1v) is 7.70. The predicted octanol–water partition coefficient (Wildman–Crippen LogP) is 4.71. The number of hydrogen-bond acceptors (Lipinski definition) is 2. The van der Waals surface area contributed by atoms with Crippen molar-refractivity contribution in [1.29, 1.82) is 0 Å². The lowest BCUT2D eigenvalue weighted by Gasteiger charge is -2.10. The molecule has 0 fully saturated rings. The van der Waals surface area contributed by atoms with Crippen LogP contribution in [0.3, 0.4) is 0 Å². The molecule has 0 atom stereocenters. The molecule has 0 saturated carbocycles. The Hall–Kier alpha value is -2.00. The Morgan fingerprint density at radius 3 is 2.36 bits per heavy atom. The van der Waals surface area contributed by atoms with Crippen molar-refractivity contribution in [3.63, 3.8) is 0 Å². The third-order valence-corrected chi connectivity index (χ3v) is 3.60. The fraction of sp³-hybridized carbons (Fsp3) is 0.278. The first-order valence-electron chi connectivity index (χ1n) is 7.32. The van der Waals surface area contributed by atoms with Gasteiger partial charge in [0.1, 0.15) is 0 Å². The van der Waals surface area contributed by atoms with Crippen molar-refractivity contribution in [1.82, 2.24) is 0 Å². The smallest absolute Gasteiger partial charge is 0.226 e. The zero-order valence-corrected chi connectivity index (χ0v) is 13.9. The molecule has 2 rings (SSSR count). The first kappa shape index (κ1) is 16.4. The topological polar surface area (TPSA) is 41.1 Å². The molecule has 0 aromatic heterocycles. The number of nitrogens with one attached hydrogen (secondary N) is 2. The highest BCUT2D eigenvalue weighted by molar-refractivity contribution is 6.30. The van der Waals surface area contributed by atoms with E-state index in [4.69, 9.17) is 11.6 Å². The first-order chi connectivity index (χ1) is 10.4. The number of aryl methyl sites for hydroxylation is 3. The summed E-state index contributed by atoms with van der Waals surface area (Å²) in [5, 5.41) is 6.87. The normalized spacial score (nSPS) is 10.4. The molecule has 1 amide bonds. The molecular formula is C18H21ClN2O.